The van der Waals surface area contributed by atoms with Crippen molar-refractivity contribution in [2.75, 3.05) is 6.61 Å². The molecule has 0 aliphatic carbocycles. The average Bonchev–Trinajstić information content (AvgIpc) is 3.16. The number of nitrogens with zero attached hydrogens (tertiary/aromatic N) is 3. The number of carbonyl (C=O) groups excluding carboxylic acids is 1. The molecule has 1 atom stereocenters. The summed E-state index contributed by atoms with van der Waals surface area (Å²) in [6.45, 7) is 1.55. The van der Waals surface area contributed by atoms with Crippen molar-refractivity contribution in [2.24, 2.45) is 0 Å². The van der Waals surface area contributed by atoms with Crippen molar-refractivity contribution in [3.63, 3.8) is 0 Å². The fraction of sp³-hybridized carbons (Fsp3) is 0.211. The Bertz CT molecular complexity index is 948. The molecule has 3 rings (SSSR count). The van der Waals surface area contributed by atoms with Gasteiger partial charge in [-0.05, 0) is 43.3 Å². The second-order valence-corrected chi connectivity index (χ2v) is 6.72. The van der Waals surface area contributed by atoms with Crippen LogP contribution in [0.4, 0.5) is 0 Å². The lowest BCUT2D eigenvalue weighted by molar-refractivity contribution is -0.168. The molecule has 1 aromatic heterocycles. The van der Waals surface area contributed by atoms with Gasteiger partial charge in [0.2, 0.25) is 5.60 Å². The lowest BCUT2D eigenvalue weighted by Gasteiger charge is -2.27. The Labute approximate surface area is 171 Å². The first-order valence-corrected chi connectivity index (χ1v) is 9.13. The molecule has 2 aromatic carbocycles. The highest BCUT2D eigenvalue weighted by Crippen LogP contribution is 2.35. The molecule has 0 spiro atoms. The second-order valence-electron chi connectivity index (χ2n) is 5.87. The standard InChI is InChI=1S/C19H17Cl2N3O4/c1-2-27-18(25)19(26,10-24-12-22-11-23-24)16-8-7-15(9-17(16)21)28-14-5-3-13(20)4-6-14/h3-9,11-12,26H,2,10H2,1H3. The lowest BCUT2D eigenvalue weighted by atomic mass is 9.93. The normalized spacial score (nSPS) is 13.0. The van der Waals surface area contributed by atoms with Crippen molar-refractivity contribution in [2.45, 2.75) is 19.1 Å². The van der Waals surface area contributed by atoms with Gasteiger partial charge in [-0.2, -0.15) is 5.10 Å². The zero-order valence-electron chi connectivity index (χ0n) is 14.9. The van der Waals surface area contributed by atoms with Crippen molar-refractivity contribution in [3.05, 3.63) is 70.7 Å². The number of hydrogen-bond donors (Lipinski definition) is 1. The van der Waals surface area contributed by atoms with Crippen molar-refractivity contribution >= 4 is 29.2 Å². The summed E-state index contributed by atoms with van der Waals surface area (Å²) in [5, 5.41) is 15.8. The number of ether oxygens (including phenoxy) is 2. The smallest absolute Gasteiger partial charge is 0.344 e. The van der Waals surface area contributed by atoms with Crippen LogP contribution >= 0.6 is 23.2 Å². The third kappa shape index (κ3) is 4.44. The first kappa shape index (κ1) is 20.1. The Morgan fingerprint density at radius 3 is 2.50 bits per heavy atom. The molecule has 0 saturated carbocycles. The van der Waals surface area contributed by atoms with Gasteiger partial charge in [0.25, 0.3) is 0 Å². The molecule has 0 fully saturated rings. The Kier molecular flexibility index (Phi) is 6.18. The third-order valence-corrected chi connectivity index (χ3v) is 4.47. The maximum Gasteiger partial charge on any atom is 0.344 e. The molecular weight excluding hydrogens is 405 g/mol. The molecule has 1 N–H and O–H groups in total. The van der Waals surface area contributed by atoms with Crippen LogP contribution in [0.2, 0.25) is 10.0 Å². The van der Waals surface area contributed by atoms with E-state index in [-0.39, 0.29) is 23.7 Å². The van der Waals surface area contributed by atoms with E-state index in [1.807, 2.05) is 0 Å². The minimum Gasteiger partial charge on any atom is -0.464 e. The van der Waals surface area contributed by atoms with Gasteiger partial charge < -0.3 is 14.6 Å². The number of hydrogen-bond acceptors (Lipinski definition) is 6. The van der Waals surface area contributed by atoms with E-state index in [1.165, 1.54) is 29.5 Å². The number of benzene rings is 2. The van der Waals surface area contributed by atoms with E-state index < -0.39 is 11.6 Å². The Morgan fingerprint density at radius 2 is 1.89 bits per heavy atom. The molecule has 3 aromatic rings. The predicted octanol–water partition coefficient (Wildman–Crippen LogP) is 3.83. The van der Waals surface area contributed by atoms with Crippen molar-refractivity contribution in [1.29, 1.82) is 0 Å². The van der Waals surface area contributed by atoms with Gasteiger partial charge in [0.15, 0.2) is 0 Å². The van der Waals surface area contributed by atoms with Gasteiger partial charge >= 0.3 is 5.97 Å². The molecule has 0 radical (unpaired) electrons. The molecule has 1 unspecified atom stereocenters. The van der Waals surface area contributed by atoms with E-state index in [0.29, 0.717) is 16.5 Å². The zero-order chi connectivity index (χ0) is 20.1. The van der Waals surface area contributed by atoms with Crippen LogP contribution in [0.15, 0.2) is 55.1 Å². The summed E-state index contributed by atoms with van der Waals surface area (Å²) in [5.41, 5.74) is -1.87. The van der Waals surface area contributed by atoms with Crippen molar-refractivity contribution in [3.8, 4) is 11.5 Å². The first-order chi connectivity index (χ1) is 13.4. The molecule has 0 aliphatic rings. The molecule has 0 aliphatic heterocycles. The topological polar surface area (TPSA) is 86.5 Å². The van der Waals surface area contributed by atoms with Gasteiger partial charge in [-0.1, -0.05) is 29.3 Å². The Balaban J connectivity index is 1.91. The van der Waals surface area contributed by atoms with Crippen LogP contribution in [-0.4, -0.2) is 32.4 Å². The fourth-order valence-electron chi connectivity index (χ4n) is 2.59. The van der Waals surface area contributed by atoms with Gasteiger partial charge in [0.05, 0.1) is 18.2 Å². The number of rotatable bonds is 7. The van der Waals surface area contributed by atoms with Gasteiger partial charge in [-0.15, -0.1) is 0 Å². The second kappa shape index (κ2) is 8.60. The van der Waals surface area contributed by atoms with Crippen molar-refractivity contribution in [1.82, 2.24) is 14.8 Å². The maximum atomic E-state index is 12.5. The van der Waals surface area contributed by atoms with Gasteiger partial charge in [-0.25, -0.2) is 14.5 Å². The van der Waals surface area contributed by atoms with Crippen LogP contribution in [0.1, 0.15) is 12.5 Å². The van der Waals surface area contributed by atoms with E-state index >= 15 is 0 Å². The highest BCUT2D eigenvalue weighted by atomic mass is 35.5. The molecule has 0 bridgehead atoms. The van der Waals surface area contributed by atoms with Crippen LogP contribution in [0, 0.1) is 0 Å². The first-order valence-electron chi connectivity index (χ1n) is 8.38. The summed E-state index contributed by atoms with van der Waals surface area (Å²) in [6.07, 6.45) is 2.69. The Hall–Kier alpha value is -2.61. The molecule has 0 amide bonds. The van der Waals surface area contributed by atoms with Crippen LogP contribution in [0.25, 0.3) is 0 Å². The van der Waals surface area contributed by atoms with Crippen LogP contribution < -0.4 is 4.74 Å². The number of aromatic nitrogens is 3. The van der Waals surface area contributed by atoms with Gasteiger partial charge in [-0.3, -0.25) is 0 Å². The quantitative estimate of drug-likeness (QED) is 0.583. The number of aliphatic hydroxyl groups is 1. The molecule has 7 nitrogen and oxygen atoms in total. The van der Waals surface area contributed by atoms with Crippen LogP contribution in [-0.2, 0) is 21.7 Å². The average molecular weight is 422 g/mol. The third-order valence-electron chi connectivity index (χ3n) is 3.91. The predicted molar refractivity (Wildman–Crippen MR) is 104 cm³/mol. The highest BCUT2D eigenvalue weighted by Gasteiger charge is 2.42. The van der Waals surface area contributed by atoms with E-state index in [4.69, 9.17) is 32.7 Å². The van der Waals surface area contributed by atoms with Gasteiger partial charge in [0, 0.05) is 10.6 Å². The summed E-state index contributed by atoms with van der Waals surface area (Å²) < 4.78 is 12.1. The monoisotopic (exact) mass is 421 g/mol. The zero-order valence-corrected chi connectivity index (χ0v) is 16.4. The largest absolute Gasteiger partial charge is 0.464 e. The molecule has 1 heterocycles. The van der Waals surface area contributed by atoms with E-state index in [9.17, 15) is 9.90 Å². The Morgan fingerprint density at radius 1 is 1.18 bits per heavy atom. The number of carbonyl (C=O) groups is 1. The van der Waals surface area contributed by atoms with Crippen molar-refractivity contribution < 1.29 is 19.4 Å². The van der Waals surface area contributed by atoms with E-state index in [2.05, 4.69) is 10.1 Å². The number of esters is 1. The summed E-state index contributed by atoms with van der Waals surface area (Å²) >= 11 is 12.2. The SMILES string of the molecule is CCOC(=O)C(O)(Cn1cncn1)c1ccc(Oc2ccc(Cl)cc2)cc1Cl. The van der Waals surface area contributed by atoms with Gasteiger partial charge in [0.1, 0.15) is 24.2 Å². The molecule has 146 valence electrons. The number of halogens is 2. The van der Waals surface area contributed by atoms with Crippen LogP contribution in [0.5, 0.6) is 11.5 Å². The lowest BCUT2D eigenvalue weighted by Crippen LogP contribution is -2.42. The summed E-state index contributed by atoms with van der Waals surface area (Å²) in [4.78, 5) is 16.3. The molecule has 28 heavy (non-hydrogen) atoms. The summed E-state index contributed by atoms with van der Waals surface area (Å²) in [5.74, 6) is 0.165. The molecule has 0 saturated heterocycles. The highest BCUT2D eigenvalue weighted by molar-refractivity contribution is 6.32. The molecular formula is C19H17Cl2N3O4. The van der Waals surface area contributed by atoms with E-state index in [0.717, 1.165) is 0 Å². The molecule has 9 heteroatoms. The maximum absolute atomic E-state index is 12.5. The van der Waals surface area contributed by atoms with E-state index in [1.54, 1.807) is 37.3 Å². The summed E-state index contributed by atoms with van der Waals surface area (Å²) in [6, 6.07) is 11.4. The summed E-state index contributed by atoms with van der Waals surface area (Å²) in [7, 11) is 0. The minimum absolute atomic E-state index is 0.105. The fourth-order valence-corrected chi connectivity index (χ4v) is 3.05. The van der Waals surface area contributed by atoms with Crippen LogP contribution in [0.3, 0.4) is 0 Å². The minimum atomic E-state index is -2.04.